The summed E-state index contributed by atoms with van der Waals surface area (Å²) in [5, 5.41) is 0.857. The fraction of sp³-hybridized carbons (Fsp3) is 0.238. The Morgan fingerprint density at radius 1 is 1.17 bits per heavy atom. The lowest BCUT2D eigenvalue weighted by Gasteiger charge is -2.19. The number of imide groups is 1. The van der Waals surface area contributed by atoms with Gasteiger partial charge in [-0.15, -0.1) is 0 Å². The lowest BCUT2D eigenvalue weighted by molar-refractivity contribution is -0.124. The van der Waals surface area contributed by atoms with Gasteiger partial charge in [-0.1, -0.05) is 36.2 Å². The monoisotopic (exact) mass is 591 g/mol. The second kappa shape index (κ2) is 10.1. The summed E-state index contributed by atoms with van der Waals surface area (Å²) in [4.78, 5) is 26.5. The maximum atomic E-state index is 12.6. The third-order valence-corrected chi connectivity index (χ3v) is 7.21. The van der Waals surface area contributed by atoms with Crippen LogP contribution in [-0.4, -0.2) is 22.1 Å². The van der Waals surface area contributed by atoms with Crippen LogP contribution in [0.4, 0.5) is 4.79 Å². The van der Waals surface area contributed by atoms with Crippen molar-refractivity contribution >= 4 is 84.0 Å². The molecule has 0 radical (unpaired) electrons. The van der Waals surface area contributed by atoms with E-state index in [0.717, 1.165) is 22.9 Å². The van der Waals surface area contributed by atoms with Gasteiger partial charge in [0.1, 0.15) is 12.4 Å². The fourth-order valence-electron chi connectivity index (χ4n) is 2.78. The van der Waals surface area contributed by atoms with Gasteiger partial charge in [0.2, 0.25) is 0 Å². The van der Waals surface area contributed by atoms with Crippen LogP contribution < -0.4 is 4.74 Å². The molecule has 30 heavy (non-hydrogen) atoms. The summed E-state index contributed by atoms with van der Waals surface area (Å²) in [6.07, 6.45) is 2.43. The highest BCUT2D eigenvalue weighted by Gasteiger charge is 2.37. The van der Waals surface area contributed by atoms with E-state index >= 15 is 0 Å². The highest BCUT2D eigenvalue weighted by molar-refractivity contribution is 9.11. The number of benzene rings is 2. The van der Waals surface area contributed by atoms with E-state index < -0.39 is 0 Å². The SMILES string of the molecule is CC[C@H](C)N1C(=O)S/C(=C/c2cc(Br)c(OCc3ccc(Cl)cc3Cl)c(Br)c2)C1=O. The normalized spacial score (nSPS) is 16.5. The van der Waals surface area contributed by atoms with Crippen molar-refractivity contribution in [2.75, 3.05) is 0 Å². The number of nitrogens with zero attached hydrogens (tertiary/aromatic N) is 1. The van der Waals surface area contributed by atoms with E-state index in [1.807, 2.05) is 32.0 Å². The van der Waals surface area contributed by atoms with Crippen molar-refractivity contribution in [3.63, 3.8) is 0 Å². The second-order valence-electron chi connectivity index (χ2n) is 6.65. The van der Waals surface area contributed by atoms with Crippen LogP contribution in [-0.2, 0) is 11.4 Å². The van der Waals surface area contributed by atoms with E-state index in [9.17, 15) is 9.59 Å². The minimum Gasteiger partial charge on any atom is -0.486 e. The molecule has 0 aromatic heterocycles. The highest BCUT2D eigenvalue weighted by atomic mass is 79.9. The minimum absolute atomic E-state index is 0.127. The van der Waals surface area contributed by atoms with Gasteiger partial charge in [0.25, 0.3) is 11.1 Å². The van der Waals surface area contributed by atoms with Crippen LogP contribution in [0, 0.1) is 0 Å². The molecule has 2 aromatic carbocycles. The zero-order chi connectivity index (χ0) is 22.0. The van der Waals surface area contributed by atoms with Crippen LogP contribution >= 0.6 is 66.8 Å². The number of rotatable bonds is 6. The Balaban J connectivity index is 1.80. The van der Waals surface area contributed by atoms with E-state index in [-0.39, 0.29) is 23.8 Å². The van der Waals surface area contributed by atoms with Crippen LogP contribution in [0.1, 0.15) is 31.4 Å². The summed E-state index contributed by atoms with van der Waals surface area (Å²) in [5.41, 5.74) is 1.57. The highest BCUT2D eigenvalue weighted by Crippen LogP contribution is 2.39. The molecule has 0 unspecified atom stereocenters. The van der Waals surface area contributed by atoms with Gasteiger partial charge in [-0.2, -0.15) is 0 Å². The standard InChI is InChI=1S/C21H17Br2Cl2NO3S/c1-3-11(2)26-20(27)18(30-21(26)28)8-12-6-15(22)19(16(23)7-12)29-10-13-4-5-14(24)9-17(13)25/h4-9,11H,3,10H2,1-2H3/b18-8+/t11-/m0/s1. The van der Waals surface area contributed by atoms with Crippen LogP contribution in [0.25, 0.3) is 6.08 Å². The number of thioether (sulfide) groups is 1. The number of amides is 2. The largest absolute Gasteiger partial charge is 0.486 e. The molecule has 9 heteroatoms. The molecule has 1 saturated heterocycles. The fourth-order valence-corrected chi connectivity index (χ4v) is 5.63. The molecule has 0 aliphatic carbocycles. The van der Waals surface area contributed by atoms with Gasteiger partial charge in [0, 0.05) is 21.7 Å². The van der Waals surface area contributed by atoms with Gasteiger partial charge in [-0.25, -0.2) is 0 Å². The molecule has 1 aliphatic heterocycles. The third kappa shape index (κ3) is 5.25. The van der Waals surface area contributed by atoms with E-state index in [1.54, 1.807) is 18.2 Å². The van der Waals surface area contributed by atoms with Crippen LogP contribution in [0.15, 0.2) is 44.2 Å². The van der Waals surface area contributed by atoms with E-state index in [4.69, 9.17) is 27.9 Å². The maximum Gasteiger partial charge on any atom is 0.293 e. The molecule has 1 fully saturated rings. The average molecular weight is 594 g/mol. The first kappa shape index (κ1) is 23.7. The first-order valence-electron chi connectivity index (χ1n) is 9.04. The van der Waals surface area contributed by atoms with Gasteiger partial charge >= 0.3 is 0 Å². The zero-order valence-corrected chi connectivity index (χ0v) is 21.5. The van der Waals surface area contributed by atoms with Crippen molar-refractivity contribution in [1.82, 2.24) is 4.90 Å². The number of ether oxygens (including phenoxy) is 1. The van der Waals surface area contributed by atoms with Gasteiger partial charge in [0.05, 0.1) is 13.9 Å². The predicted octanol–water partition coefficient (Wildman–Crippen LogP) is 7.93. The van der Waals surface area contributed by atoms with Crippen molar-refractivity contribution in [2.24, 2.45) is 0 Å². The predicted molar refractivity (Wildman–Crippen MR) is 130 cm³/mol. The van der Waals surface area contributed by atoms with Crippen LogP contribution in [0.5, 0.6) is 5.75 Å². The lowest BCUT2D eigenvalue weighted by Crippen LogP contribution is -2.36. The Bertz CT molecular complexity index is 1020. The number of carbonyl (C=O) groups excluding carboxylic acids is 2. The van der Waals surface area contributed by atoms with Gasteiger partial charge < -0.3 is 4.74 Å². The summed E-state index contributed by atoms with van der Waals surface area (Å²) in [7, 11) is 0. The van der Waals surface area contributed by atoms with Crippen molar-refractivity contribution in [3.8, 4) is 5.75 Å². The average Bonchev–Trinajstić information content (AvgIpc) is 2.95. The molecule has 1 heterocycles. The van der Waals surface area contributed by atoms with Gasteiger partial charge in [-0.3, -0.25) is 14.5 Å². The summed E-state index contributed by atoms with van der Waals surface area (Å²) < 4.78 is 7.33. The summed E-state index contributed by atoms with van der Waals surface area (Å²) in [6, 6.07) is 8.78. The number of hydrogen-bond acceptors (Lipinski definition) is 4. The Morgan fingerprint density at radius 3 is 2.43 bits per heavy atom. The molecular formula is C21H17Br2Cl2NO3S. The van der Waals surface area contributed by atoms with Crippen LogP contribution in [0.2, 0.25) is 10.0 Å². The maximum absolute atomic E-state index is 12.6. The van der Waals surface area contributed by atoms with Crippen molar-refractivity contribution in [1.29, 1.82) is 0 Å². The van der Waals surface area contributed by atoms with E-state index in [1.165, 1.54) is 4.90 Å². The molecular weight excluding hydrogens is 577 g/mol. The van der Waals surface area contributed by atoms with Crippen molar-refractivity contribution in [3.05, 3.63) is 65.4 Å². The molecule has 1 aliphatic rings. The topological polar surface area (TPSA) is 46.6 Å². The van der Waals surface area contributed by atoms with Gasteiger partial charge in [-0.05, 0) is 92.9 Å². The van der Waals surface area contributed by atoms with E-state index in [0.29, 0.717) is 36.1 Å². The molecule has 4 nitrogen and oxygen atoms in total. The summed E-state index contributed by atoms with van der Waals surface area (Å²) >= 11 is 20.1. The molecule has 0 bridgehead atoms. The third-order valence-electron chi connectivity index (χ3n) is 4.56. The lowest BCUT2D eigenvalue weighted by atomic mass is 10.2. The van der Waals surface area contributed by atoms with E-state index in [2.05, 4.69) is 31.9 Å². The zero-order valence-electron chi connectivity index (χ0n) is 16.0. The Kier molecular flexibility index (Phi) is 7.96. The first-order chi connectivity index (χ1) is 14.2. The summed E-state index contributed by atoms with van der Waals surface area (Å²) in [5.74, 6) is 0.343. The molecule has 0 spiro atoms. The quantitative estimate of drug-likeness (QED) is 0.319. The number of carbonyl (C=O) groups is 2. The minimum atomic E-state index is -0.260. The molecule has 0 N–H and O–H groups in total. The second-order valence-corrected chi connectivity index (χ2v) is 10.2. The molecule has 2 amide bonds. The smallest absolute Gasteiger partial charge is 0.293 e. The Labute approximate surface area is 206 Å². The van der Waals surface area contributed by atoms with Crippen LogP contribution in [0.3, 0.4) is 0 Å². The molecule has 3 rings (SSSR count). The Morgan fingerprint density at radius 2 is 1.83 bits per heavy atom. The molecule has 0 saturated carbocycles. The summed E-state index contributed by atoms with van der Waals surface area (Å²) in [6.45, 7) is 4.08. The van der Waals surface area contributed by atoms with Crippen molar-refractivity contribution < 1.29 is 14.3 Å². The molecule has 158 valence electrons. The molecule has 1 atom stereocenters. The number of hydrogen-bond donors (Lipinski definition) is 0. The van der Waals surface area contributed by atoms with Crippen molar-refractivity contribution in [2.45, 2.75) is 32.9 Å². The number of halogens is 4. The van der Waals surface area contributed by atoms with Gasteiger partial charge in [0.15, 0.2) is 0 Å². The Hall–Kier alpha value is -0.990. The first-order valence-corrected chi connectivity index (χ1v) is 12.2. The molecule has 2 aromatic rings.